The second kappa shape index (κ2) is 9.47. The molecule has 2 N–H and O–H groups in total. The zero-order valence-electron chi connectivity index (χ0n) is 17.9. The molecule has 1 aromatic heterocycles. The van der Waals surface area contributed by atoms with Crippen molar-refractivity contribution in [2.75, 3.05) is 23.8 Å². The second-order valence-corrected chi connectivity index (χ2v) is 9.61. The van der Waals surface area contributed by atoms with Gasteiger partial charge in [-0.1, -0.05) is 17.4 Å². The van der Waals surface area contributed by atoms with Gasteiger partial charge >= 0.3 is 0 Å². The van der Waals surface area contributed by atoms with Gasteiger partial charge in [0.1, 0.15) is 11.5 Å². The van der Waals surface area contributed by atoms with E-state index in [0.29, 0.717) is 23.1 Å². The Kier molecular flexibility index (Phi) is 6.47. The van der Waals surface area contributed by atoms with Crippen LogP contribution in [0.2, 0.25) is 0 Å². The number of hydrogen-bond acceptors (Lipinski definition) is 7. The van der Waals surface area contributed by atoms with Crippen molar-refractivity contribution in [1.82, 2.24) is 4.98 Å². The summed E-state index contributed by atoms with van der Waals surface area (Å²) in [5, 5.41) is 3.21. The third-order valence-corrected chi connectivity index (χ3v) is 6.97. The molecule has 0 fully saturated rings. The number of carbonyl (C=O) groups excluding carboxylic acids is 1. The lowest BCUT2D eigenvalue weighted by Crippen LogP contribution is -2.15. The van der Waals surface area contributed by atoms with Gasteiger partial charge in [-0.15, -0.1) is 0 Å². The van der Waals surface area contributed by atoms with E-state index < -0.39 is 15.9 Å². The lowest BCUT2D eigenvalue weighted by molar-refractivity contribution is 0.102. The standard InChI is InChI=1S/C23H21N3O5S2/c1-3-31-18-9-12-20-21(14-18)32-23(24-20)25-22(27)15-5-4-6-16(13-15)26-33(28,29)19-10-7-17(30-2)8-11-19/h4-14,26H,3H2,1-2H3,(H,24,25,27). The number of hydrogen-bond donors (Lipinski definition) is 2. The highest BCUT2D eigenvalue weighted by molar-refractivity contribution is 7.92. The first-order chi connectivity index (χ1) is 15.9. The van der Waals surface area contributed by atoms with Gasteiger partial charge in [-0.25, -0.2) is 13.4 Å². The molecule has 0 spiro atoms. The van der Waals surface area contributed by atoms with Crippen LogP contribution in [0.15, 0.2) is 71.6 Å². The molecule has 0 aliphatic carbocycles. The smallest absolute Gasteiger partial charge is 0.261 e. The van der Waals surface area contributed by atoms with Gasteiger partial charge in [0.25, 0.3) is 15.9 Å². The highest BCUT2D eigenvalue weighted by Gasteiger charge is 2.16. The average Bonchev–Trinajstić information content (AvgIpc) is 3.20. The van der Waals surface area contributed by atoms with Crippen LogP contribution in [0.3, 0.4) is 0 Å². The number of nitrogens with zero attached hydrogens (tertiary/aromatic N) is 1. The summed E-state index contributed by atoms with van der Waals surface area (Å²) in [5.41, 5.74) is 1.31. The number of thiazole rings is 1. The Morgan fingerprint density at radius 2 is 1.79 bits per heavy atom. The number of aromatic nitrogens is 1. The van der Waals surface area contributed by atoms with E-state index in [1.54, 1.807) is 30.3 Å². The Balaban J connectivity index is 1.50. The van der Waals surface area contributed by atoms with Gasteiger partial charge < -0.3 is 9.47 Å². The van der Waals surface area contributed by atoms with Gasteiger partial charge in [-0.3, -0.25) is 14.8 Å². The summed E-state index contributed by atoms with van der Waals surface area (Å²) in [6.07, 6.45) is 0. The van der Waals surface area contributed by atoms with E-state index in [9.17, 15) is 13.2 Å². The minimum absolute atomic E-state index is 0.0825. The Morgan fingerprint density at radius 1 is 1.03 bits per heavy atom. The van der Waals surface area contributed by atoms with Crippen molar-refractivity contribution < 1.29 is 22.7 Å². The fourth-order valence-electron chi connectivity index (χ4n) is 3.08. The van der Waals surface area contributed by atoms with E-state index >= 15 is 0 Å². The zero-order valence-corrected chi connectivity index (χ0v) is 19.5. The van der Waals surface area contributed by atoms with Gasteiger partial charge in [-0.2, -0.15) is 0 Å². The third kappa shape index (κ3) is 5.24. The summed E-state index contributed by atoms with van der Waals surface area (Å²) in [5.74, 6) is 0.893. The number of carbonyl (C=O) groups is 1. The van der Waals surface area contributed by atoms with Gasteiger partial charge in [0.15, 0.2) is 5.13 Å². The first-order valence-corrected chi connectivity index (χ1v) is 12.3. The topological polar surface area (TPSA) is 107 Å². The minimum atomic E-state index is -3.83. The van der Waals surface area contributed by atoms with E-state index in [2.05, 4.69) is 15.0 Å². The predicted molar refractivity (Wildman–Crippen MR) is 129 cm³/mol. The maximum Gasteiger partial charge on any atom is 0.261 e. The SMILES string of the molecule is CCOc1ccc2nc(NC(=O)c3cccc(NS(=O)(=O)c4ccc(OC)cc4)c3)sc2c1. The molecule has 0 saturated carbocycles. The summed E-state index contributed by atoms with van der Waals surface area (Å²) >= 11 is 1.33. The molecule has 0 unspecified atom stereocenters. The number of fused-ring (bicyclic) bond motifs is 1. The fourth-order valence-corrected chi connectivity index (χ4v) is 5.02. The van der Waals surface area contributed by atoms with Crippen molar-refractivity contribution in [2.24, 2.45) is 0 Å². The molecule has 4 rings (SSSR count). The molecule has 1 amide bonds. The van der Waals surface area contributed by atoms with E-state index in [0.717, 1.165) is 16.0 Å². The van der Waals surface area contributed by atoms with E-state index in [1.165, 1.54) is 36.6 Å². The molecule has 10 heteroatoms. The van der Waals surface area contributed by atoms with E-state index in [1.807, 2.05) is 25.1 Å². The molecule has 1 heterocycles. The van der Waals surface area contributed by atoms with Crippen LogP contribution in [0.4, 0.5) is 10.8 Å². The first-order valence-electron chi connectivity index (χ1n) is 9.99. The number of rotatable bonds is 8. The molecule has 33 heavy (non-hydrogen) atoms. The number of nitrogens with one attached hydrogen (secondary N) is 2. The number of amides is 1. The quantitative estimate of drug-likeness (QED) is 0.374. The maximum absolute atomic E-state index is 12.8. The summed E-state index contributed by atoms with van der Waals surface area (Å²) < 4.78 is 39.3. The predicted octanol–water partition coefficient (Wildman–Crippen LogP) is 4.76. The van der Waals surface area contributed by atoms with Crippen molar-refractivity contribution in [1.29, 1.82) is 0 Å². The molecular formula is C23H21N3O5S2. The zero-order chi connectivity index (χ0) is 23.4. The summed E-state index contributed by atoms with van der Waals surface area (Å²) in [4.78, 5) is 17.3. The highest BCUT2D eigenvalue weighted by atomic mass is 32.2. The third-order valence-electron chi connectivity index (χ3n) is 4.64. The number of benzene rings is 3. The maximum atomic E-state index is 12.8. The van der Waals surface area contributed by atoms with E-state index in [-0.39, 0.29) is 10.6 Å². The summed E-state index contributed by atoms with van der Waals surface area (Å²) in [6, 6.07) is 17.8. The van der Waals surface area contributed by atoms with Gasteiger partial charge in [0, 0.05) is 11.3 Å². The molecule has 0 bridgehead atoms. The molecular weight excluding hydrogens is 462 g/mol. The van der Waals surface area contributed by atoms with Gasteiger partial charge in [0.05, 0.1) is 28.8 Å². The number of ether oxygens (including phenoxy) is 2. The highest BCUT2D eigenvalue weighted by Crippen LogP contribution is 2.30. The van der Waals surface area contributed by atoms with Crippen LogP contribution in [0.5, 0.6) is 11.5 Å². The van der Waals surface area contributed by atoms with Crippen LogP contribution in [0.1, 0.15) is 17.3 Å². The van der Waals surface area contributed by atoms with Gasteiger partial charge in [0.2, 0.25) is 0 Å². The van der Waals surface area contributed by atoms with E-state index in [4.69, 9.17) is 9.47 Å². The van der Waals surface area contributed by atoms with Crippen molar-refractivity contribution in [3.05, 3.63) is 72.3 Å². The molecule has 0 aliphatic heterocycles. The summed E-state index contributed by atoms with van der Waals surface area (Å²) in [6.45, 7) is 2.47. The van der Waals surface area contributed by atoms with Crippen molar-refractivity contribution in [3.8, 4) is 11.5 Å². The number of methoxy groups -OCH3 is 1. The second-order valence-electron chi connectivity index (χ2n) is 6.90. The largest absolute Gasteiger partial charge is 0.497 e. The van der Waals surface area contributed by atoms with Gasteiger partial charge in [-0.05, 0) is 67.6 Å². The van der Waals surface area contributed by atoms with Crippen LogP contribution < -0.4 is 19.5 Å². The molecule has 8 nitrogen and oxygen atoms in total. The van der Waals surface area contributed by atoms with Crippen LogP contribution in [0.25, 0.3) is 10.2 Å². The number of sulfonamides is 1. The van der Waals surface area contributed by atoms with Crippen LogP contribution >= 0.6 is 11.3 Å². The van der Waals surface area contributed by atoms with Crippen molar-refractivity contribution in [3.63, 3.8) is 0 Å². The monoisotopic (exact) mass is 483 g/mol. The lowest BCUT2D eigenvalue weighted by atomic mass is 10.2. The molecule has 0 saturated heterocycles. The molecule has 0 atom stereocenters. The Bertz CT molecular complexity index is 1400. The molecule has 0 radical (unpaired) electrons. The molecule has 3 aromatic carbocycles. The first kappa shape index (κ1) is 22.6. The summed E-state index contributed by atoms with van der Waals surface area (Å²) in [7, 11) is -2.32. The molecule has 170 valence electrons. The Labute approximate surface area is 195 Å². The Morgan fingerprint density at radius 3 is 2.52 bits per heavy atom. The van der Waals surface area contributed by atoms with Crippen LogP contribution in [-0.2, 0) is 10.0 Å². The van der Waals surface area contributed by atoms with Crippen molar-refractivity contribution in [2.45, 2.75) is 11.8 Å². The Hall–Kier alpha value is -3.63. The molecule has 4 aromatic rings. The van der Waals surface area contributed by atoms with Crippen molar-refractivity contribution >= 4 is 48.3 Å². The fraction of sp³-hybridized carbons (Fsp3) is 0.130. The molecule has 0 aliphatic rings. The van der Waals surface area contributed by atoms with Crippen LogP contribution in [0, 0.1) is 0 Å². The number of anilines is 2. The normalized spacial score (nSPS) is 11.2. The lowest BCUT2D eigenvalue weighted by Gasteiger charge is -2.10. The van der Waals surface area contributed by atoms with Crippen LogP contribution in [-0.4, -0.2) is 33.0 Å². The average molecular weight is 484 g/mol. The minimum Gasteiger partial charge on any atom is -0.497 e.